The largest absolute Gasteiger partial charge is 0.332 e. The number of aromatic nitrogens is 1. The molecule has 0 bridgehead atoms. The van der Waals surface area contributed by atoms with Crippen LogP contribution in [-0.4, -0.2) is 11.0 Å². The third kappa shape index (κ3) is 4.06. The molecule has 1 aromatic carbocycles. The molecule has 0 fully saturated rings. The van der Waals surface area contributed by atoms with Crippen LogP contribution in [0.3, 0.4) is 0 Å². The zero-order chi connectivity index (χ0) is 14.4. The minimum absolute atomic E-state index is 0.0747. The van der Waals surface area contributed by atoms with Gasteiger partial charge < -0.3 is 10.6 Å². The molecule has 1 atom stereocenters. The number of pyridine rings is 1. The van der Waals surface area contributed by atoms with E-state index in [1.807, 2.05) is 49.4 Å². The van der Waals surface area contributed by atoms with Crippen molar-refractivity contribution in [2.75, 3.05) is 0 Å². The number of halogens is 1. The first-order valence-electron chi connectivity index (χ1n) is 6.35. The van der Waals surface area contributed by atoms with Gasteiger partial charge in [-0.05, 0) is 30.7 Å². The zero-order valence-corrected chi connectivity index (χ0v) is 12.7. The van der Waals surface area contributed by atoms with Crippen LogP contribution in [0.5, 0.6) is 0 Å². The molecule has 2 rings (SSSR count). The summed E-state index contributed by atoms with van der Waals surface area (Å²) in [6.45, 7) is 2.36. The molecule has 0 spiro atoms. The molecule has 5 heteroatoms. The third-order valence-electron chi connectivity index (χ3n) is 2.88. The molecule has 0 aliphatic rings. The van der Waals surface area contributed by atoms with Crippen LogP contribution in [0.25, 0.3) is 0 Å². The van der Waals surface area contributed by atoms with Gasteiger partial charge in [-0.1, -0.05) is 40.2 Å². The highest BCUT2D eigenvalue weighted by atomic mass is 79.9. The minimum Gasteiger partial charge on any atom is -0.332 e. The summed E-state index contributed by atoms with van der Waals surface area (Å²) in [7, 11) is 0. The Morgan fingerprint density at radius 1 is 1.25 bits per heavy atom. The Hall–Kier alpha value is -1.88. The number of amides is 2. The Kier molecular flexibility index (Phi) is 5.12. The topological polar surface area (TPSA) is 54.0 Å². The van der Waals surface area contributed by atoms with Gasteiger partial charge in [0.2, 0.25) is 0 Å². The third-order valence-corrected chi connectivity index (χ3v) is 3.60. The van der Waals surface area contributed by atoms with E-state index in [1.54, 1.807) is 6.20 Å². The molecule has 0 radical (unpaired) electrons. The first kappa shape index (κ1) is 14.5. The van der Waals surface area contributed by atoms with Gasteiger partial charge in [0.25, 0.3) is 0 Å². The van der Waals surface area contributed by atoms with Crippen LogP contribution >= 0.6 is 15.9 Å². The normalized spacial score (nSPS) is 11.7. The van der Waals surface area contributed by atoms with Crippen molar-refractivity contribution in [1.29, 1.82) is 0 Å². The standard InChI is InChI=1S/C15H16BrN3O/c1-11(13-7-2-3-8-14(13)16)19-15(20)18-10-12-6-4-5-9-17-12/h2-9,11H,10H2,1H3,(H2,18,19,20). The summed E-state index contributed by atoms with van der Waals surface area (Å²) in [4.78, 5) is 16.0. The number of carbonyl (C=O) groups is 1. The number of nitrogens with one attached hydrogen (secondary N) is 2. The molecule has 0 aliphatic carbocycles. The lowest BCUT2D eigenvalue weighted by atomic mass is 10.1. The van der Waals surface area contributed by atoms with Crippen LogP contribution in [0.15, 0.2) is 53.1 Å². The Morgan fingerprint density at radius 2 is 2.00 bits per heavy atom. The van der Waals surface area contributed by atoms with E-state index in [-0.39, 0.29) is 12.1 Å². The van der Waals surface area contributed by atoms with E-state index >= 15 is 0 Å². The summed E-state index contributed by atoms with van der Waals surface area (Å²) in [6.07, 6.45) is 1.71. The van der Waals surface area contributed by atoms with Crippen LogP contribution in [0.4, 0.5) is 4.79 Å². The number of hydrogen-bond donors (Lipinski definition) is 2. The summed E-state index contributed by atoms with van der Waals surface area (Å²) < 4.78 is 0.984. The first-order chi connectivity index (χ1) is 9.66. The number of carbonyl (C=O) groups excluding carboxylic acids is 1. The molecule has 0 aliphatic heterocycles. The van der Waals surface area contributed by atoms with Gasteiger partial charge in [0.15, 0.2) is 0 Å². The molecule has 1 unspecified atom stereocenters. The van der Waals surface area contributed by atoms with Crippen molar-refractivity contribution < 1.29 is 4.79 Å². The predicted octanol–water partition coefficient (Wildman–Crippen LogP) is 3.40. The Morgan fingerprint density at radius 3 is 2.70 bits per heavy atom. The van der Waals surface area contributed by atoms with Crippen molar-refractivity contribution in [1.82, 2.24) is 15.6 Å². The summed E-state index contributed by atoms with van der Waals surface area (Å²) in [5.41, 5.74) is 1.87. The van der Waals surface area contributed by atoms with E-state index in [0.29, 0.717) is 6.54 Å². The van der Waals surface area contributed by atoms with Crippen LogP contribution in [-0.2, 0) is 6.54 Å². The fourth-order valence-electron chi connectivity index (χ4n) is 1.83. The molecule has 4 nitrogen and oxygen atoms in total. The number of hydrogen-bond acceptors (Lipinski definition) is 2. The molecular weight excluding hydrogens is 318 g/mol. The lowest BCUT2D eigenvalue weighted by molar-refractivity contribution is 0.237. The maximum Gasteiger partial charge on any atom is 0.315 e. The molecule has 1 heterocycles. The van der Waals surface area contributed by atoms with Gasteiger partial charge >= 0.3 is 6.03 Å². The van der Waals surface area contributed by atoms with E-state index < -0.39 is 0 Å². The Balaban J connectivity index is 1.87. The second kappa shape index (κ2) is 7.05. The number of rotatable bonds is 4. The number of benzene rings is 1. The number of urea groups is 1. The van der Waals surface area contributed by atoms with Crippen molar-refractivity contribution in [3.63, 3.8) is 0 Å². The van der Waals surface area contributed by atoms with E-state index in [1.165, 1.54) is 0 Å². The quantitative estimate of drug-likeness (QED) is 0.900. The van der Waals surface area contributed by atoms with Gasteiger partial charge in [0.1, 0.15) is 0 Å². The molecule has 2 amide bonds. The Labute approximate surface area is 126 Å². The molecule has 20 heavy (non-hydrogen) atoms. The summed E-state index contributed by atoms with van der Waals surface area (Å²) in [5, 5.41) is 5.69. The maximum atomic E-state index is 11.8. The molecule has 104 valence electrons. The van der Waals surface area contributed by atoms with Crippen molar-refractivity contribution >= 4 is 22.0 Å². The van der Waals surface area contributed by atoms with E-state index in [2.05, 4.69) is 31.5 Å². The van der Waals surface area contributed by atoms with E-state index in [0.717, 1.165) is 15.7 Å². The van der Waals surface area contributed by atoms with Crippen LogP contribution in [0.1, 0.15) is 24.2 Å². The van der Waals surface area contributed by atoms with Crippen LogP contribution < -0.4 is 10.6 Å². The summed E-state index contributed by atoms with van der Waals surface area (Å²) in [5.74, 6) is 0. The molecular formula is C15H16BrN3O. The summed E-state index contributed by atoms with van der Waals surface area (Å²) >= 11 is 3.48. The van der Waals surface area contributed by atoms with E-state index in [9.17, 15) is 4.79 Å². The Bertz CT molecular complexity index is 574. The van der Waals surface area contributed by atoms with Gasteiger partial charge in [-0.25, -0.2) is 4.79 Å². The zero-order valence-electron chi connectivity index (χ0n) is 11.1. The highest BCUT2D eigenvalue weighted by molar-refractivity contribution is 9.10. The van der Waals surface area contributed by atoms with Crippen molar-refractivity contribution in [3.8, 4) is 0 Å². The van der Waals surface area contributed by atoms with Crippen LogP contribution in [0.2, 0.25) is 0 Å². The SMILES string of the molecule is CC(NC(=O)NCc1ccccn1)c1ccccc1Br. The van der Waals surface area contributed by atoms with Gasteiger partial charge in [-0.2, -0.15) is 0 Å². The molecule has 0 saturated heterocycles. The van der Waals surface area contributed by atoms with Crippen molar-refractivity contribution in [2.45, 2.75) is 19.5 Å². The second-order valence-electron chi connectivity index (χ2n) is 4.39. The lowest BCUT2D eigenvalue weighted by Crippen LogP contribution is -2.36. The second-order valence-corrected chi connectivity index (χ2v) is 5.25. The monoisotopic (exact) mass is 333 g/mol. The minimum atomic E-state index is -0.209. The van der Waals surface area contributed by atoms with Gasteiger partial charge in [0, 0.05) is 10.7 Å². The van der Waals surface area contributed by atoms with Gasteiger partial charge in [-0.3, -0.25) is 4.98 Å². The van der Waals surface area contributed by atoms with E-state index in [4.69, 9.17) is 0 Å². The van der Waals surface area contributed by atoms with Gasteiger partial charge in [-0.15, -0.1) is 0 Å². The predicted molar refractivity (Wildman–Crippen MR) is 82.2 cm³/mol. The fraction of sp³-hybridized carbons (Fsp3) is 0.200. The highest BCUT2D eigenvalue weighted by Gasteiger charge is 2.11. The van der Waals surface area contributed by atoms with Crippen LogP contribution in [0, 0.1) is 0 Å². The smallest absolute Gasteiger partial charge is 0.315 e. The molecule has 0 saturated carbocycles. The highest BCUT2D eigenvalue weighted by Crippen LogP contribution is 2.22. The average Bonchev–Trinajstić information content (AvgIpc) is 2.46. The lowest BCUT2D eigenvalue weighted by Gasteiger charge is -2.16. The first-order valence-corrected chi connectivity index (χ1v) is 7.15. The maximum absolute atomic E-state index is 11.8. The fourth-order valence-corrected chi connectivity index (χ4v) is 2.45. The van der Waals surface area contributed by atoms with Crippen molar-refractivity contribution in [3.05, 3.63) is 64.4 Å². The average molecular weight is 334 g/mol. The van der Waals surface area contributed by atoms with Gasteiger partial charge in [0.05, 0.1) is 18.3 Å². The molecule has 1 aromatic heterocycles. The van der Waals surface area contributed by atoms with Crippen molar-refractivity contribution in [2.24, 2.45) is 0 Å². The number of nitrogens with zero attached hydrogens (tertiary/aromatic N) is 1. The molecule has 2 aromatic rings. The molecule has 2 N–H and O–H groups in total. The summed E-state index contributed by atoms with van der Waals surface area (Å²) in [6, 6.07) is 13.2.